The van der Waals surface area contributed by atoms with Gasteiger partial charge in [-0.25, -0.2) is 0 Å². The van der Waals surface area contributed by atoms with Crippen molar-refractivity contribution in [1.29, 1.82) is 0 Å². The van der Waals surface area contributed by atoms with Crippen LogP contribution in [0, 0.1) is 11.8 Å². The Morgan fingerprint density at radius 3 is 2.81 bits per heavy atom. The molecule has 1 fully saturated rings. The second-order valence-electron chi connectivity index (χ2n) is 4.57. The molecule has 2 rings (SSSR count). The highest BCUT2D eigenvalue weighted by Crippen LogP contribution is 2.36. The van der Waals surface area contributed by atoms with Gasteiger partial charge in [-0.05, 0) is 58.4 Å². The van der Waals surface area contributed by atoms with E-state index < -0.39 is 0 Å². The molecule has 2 unspecified atom stereocenters. The number of nitrogens with one attached hydrogen (secondary N) is 1. The number of ether oxygens (including phenoxy) is 1. The van der Waals surface area contributed by atoms with E-state index in [1.165, 1.54) is 12.0 Å². The molecular formula is C13H18BrNO. The Morgan fingerprint density at radius 1 is 1.50 bits per heavy atom. The van der Waals surface area contributed by atoms with Gasteiger partial charge in [0.1, 0.15) is 5.75 Å². The third-order valence-electron chi connectivity index (χ3n) is 3.23. The van der Waals surface area contributed by atoms with Crippen LogP contribution in [0.5, 0.6) is 5.75 Å². The van der Waals surface area contributed by atoms with E-state index in [2.05, 4.69) is 40.3 Å². The van der Waals surface area contributed by atoms with Gasteiger partial charge >= 0.3 is 0 Å². The molecule has 1 aliphatic carbocycles. The monoisotopic (exact) mass is 283 g/mol. The standard InChI is InChI=1S/C13H18BrNO/c1-9-5-11(9)8-15-7-10-3-4-13(16-2)12(14)6-10/h3-4,6,9,11,15H,5,7-8H2,1-2H3. The maximum absolute atomic E-state index is 5.20. The summed E-state index contributed by atoms with van der Waals surface area (Å²) in [6, 6.07) is 6.22. The van der Waals surface area contributed by atoms with E-state index in [9.17, 15) is 0 Å². The van der Waals surface area contributed by atoms with Gasteiger partial charge in [-0.15, -0.1) is 0 Å². The minimum absolute atomic E-state index is 0.888. The molecule has 1 aromatic carbocycles. The molecule has 88 valence electrons. The molecule has 0 aliphatic heterocycles. The molecule has 0 aromatic heterocycles. The van der Waals surface area contributed by atoms with E-state index in [0.717, 1.165) is 35.1 Å². The molecule has 3 heteroatoms. The molecule has 0 bridgehead atoms. The number of halogens is 1. The van der Waals surface area contributed by atoms with Gasteiger partial charge in [-0.1, -0.05) is 13.0 Å². The van der Waals surface area contributed by atoms with Crippen molar-refractivity contribution in [3.63, 3.8) is 0 Å². The summed E-state index contributed by atoms with van der Waals surface area (Å²) < 4.78 is 6.22. The van der Waals surface area contributed by atoms with Crippen molar-refractivity contribution >= 4 is 15.9 Å². The van der Waals surface area contributed by atoms with Crippen molar-refractivity contribution in [1.82, 2.24) is 5.32 Å². The summed E-state index contributed by atoms with van der Waals surface area (Å²) in [6.45, 7) is 4.40. The number of benzene rings is 1. The van der Waals surface area contributed by atoms with Gasteiger partial charge in [0.15, 0.2) is 0 Å². The Labute approximate surface area is 106 Å². The molecule has 0 radical (unpaired) electrons. The van der Waals surface area contributed by atoms with Crippen molar-refractivity contribution in [3.05, 3.63) is 28.2 Å². The van der Waals surface area contributed by atoms with E-state index in [1.54, 1.807) is 7.11 Å². The van der Waals surface area contributed by atoms with Crippen molar-refractivity contribution in [3.8, 4) is 5.75 Å². The van der Waals surface area contributed by atoms with Crippen LogP contribution in [0.25, 0.3) is 0 Å². The van der Waals surface area contributed by atoms with Crippen molar-refractivity contribution < 1.29 is 4.74 Å². The van der Waals surface area contributed by atoms with Gasteiger partial charge in [0.25, 0.3) is 0 Å². The van der Waals surface area contributed by atoms with Gasteiger partial charge in [-0.3, -0.25) is 0 Å². The molecule has 0 spiro atoms. The molecule has 1 N–H and O–H groups in total. The lowest BCUT2D eigenvalue weighted by Crippen LogP contribution is -2.16. The maximum atomic E-state index is 5.20. The van der Waals surface area contributed by atoms with Crippen molar-refractivity contribution in [2.75, 3.05) is 13.7 Å². The van der Waals surface area contributed by atoms with Crippen LogP contribution in [-0.2, 0) is 6.54 Å². The van der Waals surface area contributed by atoms with E-state index in [1.807, 2.05) is 6.07 Å². The van der Waals surface area contributed by atoms with Crippen LogP contribution in [0.4, 0.5) is 0 Å². The Kier molecular flexibility index (Phi) is 3.87. The number of rotatable bonds is 5. The van der Waals surface area contributed by atoms with Crippen molar-refractivity contribution in [2.24, 2.45) is 11.8 Å². The minimum Gasteiger partial charge on any atom is -0.496 e. The summed E-state index contributed by atoms with van der Waals surface area (Å²) in [5, 5.41) is 3.50. The van der Waals surface area contributed by atoms with Crippen LogP contribution >= 0.6 is 15.9 Å². The SMILES string of the molecule is COc1ccc(CNCC2CC2C)cc1Br. The van der Waals surface area contributed by atoms with Gasteiger partial charge in [0.2, 0.25) is 0 Å². The van der Waals surface area contributed by atoms with E-state index in [0.29, 0.717) is 0 Å². The third kappa shape index (κ3) is 2.98. The fourth-order valence-electron chi connectivity index (χ4n) is 1.91. The van der Waals surface area contributed by atoms with Crippen LogP contribution in [0.15, 0.2) is 22.7 Å². The molecule has 0 saturated heterocycles. The topological polar surface area (TPSA) is 21.3 Å². The first-order chi connectivity index (χ1) is 7.70. The molecule has 2 nitrogen and oxygen atoms in total. The van der Waals surface area contributed by atoms with Gasteiger partial charge in [-0.2, -0.15) is 0 Å². The molecular weight excluding hydrogens is 266 g/mol. The van der Waals surface area contributed by atoms with E-state index in [4.69, 9.17) is 4.74 Å². The minimum atomic E-state index is 0.888. The molecule has 1 aliphatic rings. The largest absolute Gasteiger partial charge is 0.496 e. The predicted molar refractivity (Wildman–Crippen MR) is 69.7 cm³/mol. The third-order valence-corrected chi connectivity index (χ3v) is 3.85. The Morgan fingerprint density at radius 2 is 2.25 bits per heavy atom. The van der Waals surface area contributed by atoms with Crippen LogP contribution in [-0.4, -0.2) is 13.7 Å². The lowest BCUT2D eigenvalue weighted by atomic mass is 10.2. The van der Waals surface area contributed by atoms with Crippen molar-refractivity contribution in [2.45, 2.75) is 19.9 Å². The summed E-state index contributed by atoms with van der Waals surface area (Å²) >= 11 is 3.50. The van der Waals surface area contributed by atoms with E-state index in [-0.39, 0.29) is 0 Å². The number of hydrogen-bond acceptors (Lipinski definition) is 2. The van der Waals surface area contributed by atoms with Crippen LogP contribution < -0.4 is 10.1 Å². The molecule has 2 atom stereocenters. The van der Waals surface area contributed by atoms with Gasteiger partial charge in [0.05, 0.1) is 11.6 Å². The smallest absolute Gasteiger partial charge is 0.133 e. The van der Waals surface area contributed by atoms with Crippen LogP contribution in [0.1, 0.15) is 18.9 Å². The summed E-state index contributed by atoms with van der Waals surface area (Å²) in [5.41, 5.74) is 1.29. The number of hydrogen-bond donors (Lipinski definition) is 1. The second kappa shape index (κ2) is 5.19. The zero-order valence-electron chi connectivity index (χ0n) is 9.79. The lowest BCUT2D eigenvalue weighted by Gasteiger charge is -2.07. The van der Waals surface area contributed by atoms with Gasteiger partial charge < -0.3 is 10.1 Å². The highest BCUT2D eigenvalue weighted by atomic mass is 79.9. The Bertz CT molecular complexity index is 367. The first-order valence-electron chi connectivity index (χ1n) is 5.74. The first kappa shape index (κ1) is 11.9. The van der Waals surface area contributed by atoms with Crippen LogP contribution in [0.2, 0.25) is 0 Å². The Balaban J connectivity index is 1.82. The normalized spacial score (nSPS) is 23.2. The fraction of sp³-hybridized carbons (Fsp3) is 0.538. The highest BCUT2D eigenvalue weighted by molar-refractivity contribution is 9.10. The zero-order valence-corrected chi connectivity index (χ0v) is 11.4. The molecule has 16 heavy (non-hydrogen) atoms. The average Bonchev–Trinajstić information content (AvgIpc) is 2.95. The summed E-state index contributed by atoms with van der Waals surface area (Å²) in [7, 11) is 1.69. The molecule has 0 heterocycles. The van der Waals surface area contributed by atoms with Gasteiger partial charge in [0, 0.05) is 6.54 Å². The highest BCUT2D eigenvalue weighted by Gasteiger charge is 2.31. The fourth-order valence-corrected chi connectivity index (χ4v) is 2.49. The Hall–Kier alpha value is -0.540. The lowest BCUT2D eigenvalue weighted by molar-refractivity contribution is 0.412. The zero-order chi connectivity index (χ0) is 11.5. The van der Waals surface area contributed by atoms with E-state index >= 15 is 0 Å². The average molecular weight is 284 g/mol. The second-order valence-corrected chi connectivity index (χ2v) is 5.43. The maximum Gasteiger partial charge on any atom is 0.133 e. The van der Waals surface area contributed by atoms with Crippen LogP contribution in [0.3, 0.4) is 0 Å². The quantitative estimate of drug-likeness (QED) is 0.896. The molecule has 1 saturated carbocycles. The predicted octanol–water partition coefficient (Wildman–Crippen LogP) is 3.20. The molecule has 1 aromatic rings. The summed E-state index contributed by atoms with van der Waals surface area (Å²) in [4.78, 5) is 0. The number of methoxy groups -OCH3 is 1. The summed E-state index contributed by atoms with van der Waals surface area (Å²) in [5.74, 6) is 2.72. The molecule has 0 amide bonds. The summed E-state index contributed by atoms with van der Waals surface area (Å²) in [6.07, 6.45) is 1.39. The first-order valence-corrected chi connectivity index (χ1v) is 6.53.